The number of amides is 1. The van der Waals surface area contributed by atoms with Crippen LogP contribution in [0.3, 0.4) is 0 Å². The molecule has 0 bridgehead atoms. The number of pyridine rings is 1. The fourth-order valence-electron chi connectivity index (χ4n) is 2.87. The largest absolute Gasteiger partial charge is 0.356 e. The number of aryl methyl sites for hydroxylation is 2. The lowest BCUT2D eigenvalue weighted by Gasteiger charge is -2.03. The van der Waals surface area contributed by atoms with Gasteiger partial charge >= 0.3 is 0 Å². The van der Waals surface area contributed by atoms with Gasteiger partial charge in [0.25, 0.3) is 11.3 Å². The lowest BCUT2D eigenvalue weighted by Crippen LogP contribution is -2.27. The van der Waals surface area contributed by atoms with Gasteiger partial charge in [0, 0.05) is 30.9 Å². The summed E-state index contributed by atoms with van der Waals surface area (Å²) in [6.07, 6.45) is 3.41. The first kappa shape index (κ1) is 16.9. The highest BCUT2D eigenvalue weighted by atomic mass is 16.1. The molecule has 4 aromatic rings. The number of rotatable bonds is 6. The SMILES string of the molecule is Cc1cc(=O)n2[nH]c(CC(=O)NCCCc3nnc4ccccn34)nc2n1. The molecule has 10 heteroatoms. The van der Waals surface area contributed by atoms with E-state index in [0.29, 0.717) is 24.5 Å². The maximum atomic E-state index is 12.1. The molecule has 0 fully saturated rings. The van der Waals surface area contributed by atoms with E-state index >= 15 is 0 Å². The van der Waals surface area contributed by atoms with E-state index in [1.165, 1.54) is 10.6 Å². The molecule has 138 valence electrons. The zero-order valence-corrected chi connectivity index (χ0v) is 14.7. The van der Waals surface area contributed by atoms with Gasteiger partial charge in [0.05, 0.1) is 6.42 Å². The quantitative estimate of drug-likeness (QED) is 0.465. The van der Waals surface area contributed by atoms with Gasteiger partial charge in [-0.15, -0.1) is 10.2 Å². The van der Waals surface area contributed by atoms with Crippen molar-refractivity contribution in [2.45, 2.75) is 26.2 Å². The van der Waals surface area contributed by atoms with E-state index in [2.05, 4.69) is 30.6 Å². The highest BCUT2D eigenvalue weighted by Crippen LogP contribution is 2.04. The summed E-state index contributed by atoms with van der Waals surface area (Å²) in [5.74, 6) is 1.34. The second-order valence-corrected chi connectivity index (χ2v) is 6.22. The van der Waals surface area contributed by atoms with Crippen LogP contribution >= 0.6 is 0 Å². The summed E-state index contributed by atoms with van der Waals surface area (Å²) in [5, 5.41) is 13.9. The number of nitrogens with zero attached hydrogens (tertiary/aromatic N) is 6. The molecule has 0 spiro atoms. The van der Waals surface area contributed by atoms with Gasteiger partial charge in [-0.3, -0.25) is 19.1 Å². The minimum atomic E-state index is -0.253. The number of aromatic amines is 1. The number of fused-ring (bicyclic) bond motifs is 2. The van der Waals surface area contributed by atoms with Gasteiger partial charge in [-0.25, -0.2) is 4.98 Å². The van der Waals surface area contributed by atoms with Crippen molar-refractivity contribution in [2.24, 2.45) is 0 Å². The van der Waals surface area contributed by atoms with Gasteiger partial charge in [-0.1, -0.05) is 6.07 Å². The van der Waals surface area contributed by atoms with Gasteiger partial charge in [-0.2, -0.15) is 9.50 Å². The van der Waals surface area contributed by atoms with Crippen LogP contribution in [0.25, 0.3) is 11.4 Å². The third-order valence-corrected chi connectivity index (χ3v) is 4.12. The molecule has 2 N–H and O–H groups in total. The summed E-state index contributed by atoms with van der Waals surface area (Å²) in [5.41, 5.74) is 1.14. The van der Waals surface area contributed by atoms with Crippen molar-refractivity contribution < 1.29 is 4.79 Å². The van der Waals surface area contributed by atoms with Crippen molar-refractivity contribution in [3.05, 3.63) is 58.2 Å². The first-order chi connectivity index (χ1) is 13.1. The minimum absolute atomic E-state index is 0.0513. The van der Waals surface area contributed by atoms with Crippen molar-refractivity contribution in [3.63, 3.8) is 0 Å². The van der Waals surface area contributed by atoms with Crippen LogP contribution in [-0.4, -0.2) is 46.6 Å². The average molecular weight is 366 g/mol. The van der Waals surface area contributed by atoms with E-state index in [0.717, 1.165) is 17.9 Å². The Hall–Kier alpha value is -3.56. The highest BCUT2D eigenvalue weighted by Gasteiger charge is 2.11. The molecule has 0 aliphatic rings. The number of hydrogen-bond acceptors (Lipinski definition) is 6. The lowest BCUT2D eigenvalue weighted by molar-refractivity contribution is -0.120. The van der Waals surface area contributed by atoms with Gasteiger partial charge in [0.2, 0.25) is 5.91 Å². The maximum Gasteiger partial charge on any atom is 0.274 e. The van der Waals surface area contributed by atoms with E-state index in [1.54, 1.807) is 6.92 Å². The van der Waals surface area contributed by atoms with Crippen LogP contribution in [0.5, 0.6) is 0 Å². The molecule has 27 heavy (non-hydrogen) atoms. The Balaban J connectivity index is 1.31. The van der Waals surface area contributed by atoms with E-state index in [1.807, 2.05) is 28.8 Å². The van der Waals surface area contributed by atoms with Crippen LogP contribution in [0.1, 0.15) is 23.8 Å². The van der Waals surface area contributed by atoms with E-state index < -0.39 is 0 Å². The van der Waals surface area contributed by atoms with Crippen molar-refractivity contribution in [2.75, 3.05) is 6.54 Å². The first-order valence-corrected chi connectivity index (χ1v) is 8.61. The Morgan fingerprint density at radius 2 is 2.15 bits per heavy atom. The third-order valence-electron chi connectivity index (χ3n) is 4.12. The third kappa shape index (κ3) is 3.54. The second-order valence-electron chi connectivity index (χ2n) is 6.22. The molecule has 0 unspecified atom stereocenters. The van der Waals surface area contributed by atoms with E-state index in [-0.39, 0.29) is 23.7 Å². The monoisotopic (exact) mass is 366 g/mol. The summed E-state index contributed by atoms with van der Waals surface area (Å²) in [7, 11) is 0. The molecule has 10 nitrogen and oxygen atoms in total. The molecular weight excluding hydrogens is 348 g/mol. The zero-order valence-electron chi connectivity index (χ0n) is 14.7. The number of aromatic nitrogens is 7. The molecule has 0 saturated carbocycles. The maximum absolute atomic E-state index is 12.1. The summed E-state index contributed by atoms with van der Waals surface area (Å²) in [6.45, 7) is 2.24. The molecule has 0 saturated heterocycles. The van der Waals surface area contributed by atoms with Crippen LogP contribution in [-0.2, 0) is 17.6 Å². The fourth-order valence-corrected chi connectivity index (χ4v) is 2.87. The number of nitrogens with one attached hydrogen (secondary N) is 2. The Labute approximate surface area is 153 Å². The smallest absolute Gasteiger partial charge is 0.274 e. The van der Waals surface area contributed by atoms with Crippen molar-refractivity contribution in [3.8, 4) is 0 Å². The molecule has 1 amide bonds. The first-order valence-electron chi connectivity index (χ1n) is 8.61. The highest BCUT2D eigenvalue weighted by molar-refractivity contribution is 5.77. The van der Waals surface area contributed by atoms with Gasteiger partial charge < -0.3 is 5.32 Å². The van der Waals surface area contributed by atoms with Crippen LogP contribution in [0, 0.1) is 6.92 Å². The van der Waals surface area contributed by atoms with Gasteiger partial charge in [0.1, 0.15) is 11.6 Å². The standard InChI is InChI=1S/C17H18N8O2/c1-11-9-16(27)25-17(19-11)20-12(23-25)10-15(26)18-7-4-6-14-22-21-13-5-2-3-8-24(13)14/h2-3,5,8-9H,4,6-7,10H2,1H3,(H,18,26)(H,19,20,23). The number of H-pyrrole nitrogens is 1. The number of carbonyl (C=O) groups is 1. The van der Waals surface area contributed by atoms with Crippen molar-refractivity contribution in [1.29, 1.82) is 0 Å². The van der Waals surface area contributed by atoms with Gasteiger partial charge in [-0.05, 0) is 25.5 Å². The molecule has 0 radical (unpaired) electrons. The van der Waals surface area contributed by atoms with Crippen LogP contribution in [0.15, 0.2) is 35.3 Å². The Kier molecular flexibility index (Phi) is 4.37. The van der Waals surface area contributed by atoms with Crippen LogP contribution < -0.4 is 10.9 Å². The molecule has 4 rings (SSSR count). The Morgan fingerprint density at radius 3 is 3.04 bits per heavy atom. The van der Waals surface area contributed by atoms with Crippen molar-refractivity contribution >= 4 is 17.3 Å². The summed E-state index contributed by atoms with van der Waals surface area (Å²) in [6, 6.07) is 7.14. The molecule has 4 aromatic heterocycles. The Bertz CT molecular complexity index is 1170. The predicted molar refractivity (Wildman–Crippen MR) is 96.4 cm³/mol. The molecule has 0 atom stereocenters. The van der Waals surface area contributed by atoms with E-state index in [4.69, 9.17) is 0 Å². The molecule has 0 aliphatic carbocycles. The normalized spacial score (nSPS) is 11.3. The van der Waals surface area contributed by atoms with Gasteiger partial charge in [0.15, 0.2) is 5.65 Å². The predicted octanol–water partition coefficient (Wildman–Crippen LogP) is 0.0602. The molecule has 0 aliphatic heterocycles. The molecular formula is C17H18N8O2. The fraction of sp³-hybridized carbons (Fsp3) is 0.294. The average Bonchev–Trinajstić information content (AvgIpc) is 3.23. The van der Waals surface area contributed by atoms with Crippen LogP contribution in [0.4, 0.5) is 0 Å². The lowest BCUT2D eigenvalue weighted by atomic mass is 10.3. The molecule has 0 aromatic carbocycles. The van der Waals surface area contributed by atoms with E-state index in [9.17, 15) is 9.59 Å². The number of carbonyl (C=O) groups excluding carboxylic acids is 1. The topological polar surface area (TPSA) is 122 Å². The van der Waals surface area contributed by atoms with Crippen molar-refractivity contribution in [1.82, 2.24) is 39.5 Å². The minimum Gasteiger partial charge on any atom is -0.356 e. The number of hydrogen-bond donors (Lipinski definition) is 2. The Morgan fingerprint density at radius 1 is 1.26 bits per heavy atom. The second kappa shape index (κ2) is 6.98. The molecule has 4 heterocycles. The summed E-state index contributed by atoms with van der Waals surface area (Å²) < 4.78 is 3.16. The van der Waals surface area contributed by atoms with Crippen LogP contribution in [0.2, 0.25) is 0 Å². The zero-order chi connectivity index (χ0) is 18.8. The summed E-state index contributed by atoms with van der Waals surface area (Å²) in [4.78, 5) is 32.3. The summed E-state index contributed by atoms with van der Waals surface area (Å²) >= 11 is 0.